The van der Waals surface area contributed by atoms with E-state index in [1.807, 2.05) is 40.7 Å². The molecule has 0 radical (unpaired) electrons. The predicted octanol–water partition coefficient (Wildman–Crippen LogP) is 4.03. The van der Waals surface area contributed by atoms with Crippen molar-refractivity contribution in [1.29, 1.82) is 0 Å². The molecule has 2 heteroatoms. The first kappa shape index (κ1) is 17.9. The molecule has 1 fully saturated rings. The van der Waals surface area contributed by atoms with E-state index < -0.39 is 0 Å². The second-order valence-electron chi connectivity index (χ2n) is 2.93. The molecule has 1 rings (SSSR count). The molecule has 0 atom stereocenters. The molecule has 0 aliphatic heterocycles. The number of ketones is 2. The minimum absolute atomic E-state index is 0.0164. The Hall–Kier alpha value is -1.44. The molecule has 0 saturated heterocycles. The van der Waals surface area contributed by atoms with Crippen molar-refractivity contribution in [3.05, 3.63) is 36.0 Å². The van der Waals surface area contributed by atoms with Crippen LogP contribution in [-0.4, -0.2) is 11.6 Å². The van der Waals surface area contributed by atoms with Crippen LogP contribution in [0.3, 0.4) is 0 Å². The maximum atomic E-state index is 11.3. The Morgan fingerprint density at radius 2 is 1.47 bits per heavy atom. The lowest BCUT2D eigenvalue weighted by Gasteiger charge is -2.13. The first-order chi connectivity index (χ1) is 8.16. The van der Waals surface area contributed by atoms with Crippen molar-refractivity contribution in [1.82, 2.24) is 0 Å². The fraction of sp³-hybridized carbons (Fsp3) is 0.467. The number of carbonyl (C=O) groups is 2. The Kier molecular flexibility index (Phi) is 11.7. The molecule has 96 valence electrons. The standard InChI is InChI=1S/C11H12O2.2C2H6/c1-3-4-5-9-8(2)10(12)6-7-11(9)13;2*1-2/h3-5H,2,6-7H2,1H3;2*1-2H3/b4-3-,9-5+;;. The normalized spacial score (nSPS) is 17.5. The van der Waals surface area contributed by atoms with Crippen LogP contribution in [0.25, 0.3) is 0 Å². The fourth-order valence-corrected chi connectivity index (χ4v) is 1.22. The average Bonchev–Trinajstić information content (AvgIpc) is 2.39. The summed E-state index contributed by atoms with van der Waals surface area (Å²) in [5.74, 6) is -0.00180. The highest BCUT2D eigenvalue weighted by molar-refractivity contribution is 6.16. The minimum atomic E-state index is -0.0182. The van der Waals surface area contributed by atoms with Gasteiger partial charge in [0, 0.05) is 24.0 Å². The first-order valence-corrected chi connectivity index (χ1v) is 6.25. The zero-order valence-electron chi connectivity index (χ0n) is 11.7. The summed E-state index contributed by atoms with van der Waals surface area (Å²) >= 11 is 0. The van der Waals surface area contributed by atoms with E-state index in [1.165, 1.54) is 0 Å². The third-order valence-electron chi connectivity index (χ3n) is 2.00. The van der Waals surface area contributed by atoms with Gasteiger partial charge in [0.15, 0.2) is 11.6 Å². The van der Waals surface area contributed by atoms with Crippen LogP contribution in [0.4, 0.5) is 0 Å². The summed E-state index contributed by atoms with van der Waals surface area (Å²) in [7, 11) is 0. The molecule has 2 nitrogen and oxygen atoms in total. The Balaban J connectivity index is 0. The van der Waals surface area contributed by atoms with Gasteiger partial charge in [0.25, 0.3) is 0 Å². The van der Waals surface area contributed by atoms with Gasteiger partial charge in [-0.25, -0.2) is 0 Å². The summed E-state index contributed by atoms with van der Waals surface area (Å²) in [5.41, 5.74) is 0.823. The molecule has 0 bridgehead atoms. The van der Waals surface area contributed by atoms with E-state index >= 15 is 0 Å². The van der Waals surface area contributed by atoms with Crippen molar-refractivity contribution in [3.63, 3.8) is 0 Å². The van der Waals surface area contributed by atoms with Crippen molar-refractivity contribution >= 4 is 11.6 Å². The average molecular weight is 236 g/mol. The number of Topliss-reactive ketones (excluding diaryl/α,β-unsaturated/α-hetero) is 2. The number of allylic oxidation sites excluding steroid dienone is 5. The van der Waals surface area contributed by atoms with Crippen LogP contribution >= 0.6 is 0 Å². The summed E-state index contributed by atoms with van der Waals surface area (Å²) in [6.07, 6.45) is 5.84. The van der Waals surface area contributed by atoms with E-state index in [0.29, 0.717) is 24.0 Å². The topological polar surface area (TPSA) is 34.1 Å². The van der Waals surface area contributed by atoms with Crippen molar-refractivity contribution in [2.24, 2.45) is 0 Å². The molecule has 17 heavy (non-hydrogen) atoms. The lowest BCUT2D eigenvalue weighted by molar-refractivity contribution is -0.122. The molecule has 1 aliphatic rings. The van der Waals surface area contributed by atoms with E-state index in [4.69, 9.17) is 0 Å². The van der Waals surface area contributed by atoms with Gasteiger partial charge in [-0.3, -0.25) is 9.59 Å². The molecule has 1 saturated carbocycles. The molecule has 0 spiro atoms. The minimum Gasteiger partial charge on any atom is -0.294 e. The predicted molar refractivity (Wildman–Crippen MR) is 74.0 cm³/mol. The van der Waals surface area contributed by atoms with Gasteiger partial charge in [0.05, 0.1) is 0 Å². The van der Waals surface area contributed by atoms with Gasteiger partial charge >= 0.3 is 0 Å². The van der Waals surface area contributed by atoms with Gasteiger partial charge in [-0.15, -0.1) is 0 Å². The Bertz CT molecular complexity index is 320. The van der Waals surface area contributed by atoms with Crippen LogP contribution < -0.4 is 0 Å². The monoisotopic (exact) mass is 236 g/mol. The van der Waals surface area contributed by atoms with E-state index in [1.54, 1.807) is 12.2 Å². The van der Waals surface area contributed by atoms with Gasteiger partial charge in [0.1, 0.15) is 0 Å². The van der Waals surface area contributed by atoms with Gasteiger partial charge in [0.2, 0.25) is 0 Å². The summed E-state index contributed by atoms with van der Waals surface area (Å²) in [6.45, 7) is 13.5. The lowest BCUT2D eigenvalue weighted by atomic mass is 9.88. The summed E-state index contributed by atoms with van der Waals surface area (Å²) < 4.78 is 0. The van der Waals surface area contributed by atoms with Crippen LogP contribution in [0.1, 0.15) is 47.5 Å². The maximum absolute atomic E-state index is 11.3. The highest BCUT2D eigenvalue weighted by Gasteiger charge is 2.24. The summed E-state index contributed by atoms with van der Waals surface area (Å²) in [4.78, 5) is 22.5. The second-order valence-corrected chi connectivity index (χ2v) is 2.93. The zero-order valence-corrected chi connectivity index (χ0v) is 11.7. The van der Waals surface area contributed by atoms with Gasteiger partial charge in [-0.1, -0.05) is 52.5 Å². The molecule has 1 aliphatic carbocycles. The first-order valence-electron chi connectivity index (χ1n) is 6.25. The van der Waals surface area contributed by atoms with Gasteiger partial charge < -0.3 is 0 Å². The Morgan fingerprint density at radius 3 is 1.94 bits per heavy atom. The van der Waals surface area contributed by atoms with Gasteiger partial charge in [-0.05, 0) is 6.92 Å². The second kappa shape index (κ2) is 11.1. The number of hydrogen-bond acceptors (Lipinski definition) is 2. The zero-order chi connectivity index (χ0) is 13.8. The van der Waals surface area contributed by atoms with Crippen molar-refractivity contribution in [3.8, 4) is 0 Å². The van der Waals surface area contributed by atoms with E-state index in [9.17, 15) is 9.59 Å². The molecule has 0 N–H and O–H groups in total. The van der Waals surface area contributed by atoms with Crippen LogP contribution in [-0.2, 0) is 9.59 Å². The number of rotatable bonds is 1. The molecule has 0 aromatic rings. The quantitative estimate of drug-likeness (QED) is 0.644. The summed E-state index contributed by atoms with van der Waals surface area (Å²) in [5, 5.41) is 0. The smallest absolute Gasteiger partial charge is 0.164 e. The van der Waals surface area contributed by atoms with Crippen LogP contribution in [0.15, 0.2) is 36.0 Å². The highest BCUT2D eigenvalue weighted by Crippen LogP contribution is 2.21. The van der Waals surface area contributed by atoms with Crippen LogP contribution in [0.2, 0.25) is 0 Å². The Morgan fingerprint density at radius 1 is 1.00 bits per heavy atom. The van der Waals surface area contributed by atoms with Crippen LogP contribution in [0, 0.1) is 0 Å². The third-order valence-corrected chi connectivity index (χ3v) is 2.00. The molecule has 0 unspecified atom stereocenters. The molecule has 0 aromatic carbocycles. The van der Waals surface area contributed by atoms with Crippen molar-refractivity contribution in [2.75, 3.05) is 0 Å². The number of carbonyl (C=O) groups excluding carboxylic acids is 2. The van der Waals surface area contributed by atoms with Crippen molar-refractivity contribution in [2.45, 2.75) is 47.5 Å². The highest BCUT2D eigenvalue weighted by atomic mass is 16.1. The van der Waals surface area contributed by atoms with E-state index in [0.717, 1.165) is 0 Å². The largest absolute Gasteiger partial charge is 0.294 e. The molecular formula is C15H24O2. The summed E-state index contributed by atoms with van der Waals surface area (Å²) in [6, 6.07) is 0. The Labute approximate surface area is 105 Å². The number of hydrogen-bond donors (Lipinski definition) is 0. The molecule has 0 aromatic heterocycles. The fourth-order valence-electron chi connectivity index (χ4n) is 1.22. The molecular weight excluding hydrogens is 212 g/mol. The van der Waals surface area contributed by atoms with Crippen molar-refractivity contribution < 1.29 is 9.59 Å². The SMILES string of the molecule is C=C1C(=O)CCC(=O)/C1=C/C=C\C.CC.CC. The van der Waals surface area contributed by atoms with E-state index in [2.05, 4.69) is 6.58 Å². The maximum Gasteiger partial charge on any atom is 0.164 e. The molecule has 0 heterocycles. The van der Waals surface area contributed by atoms with Gasteiger partial charge in [-0.2, -0.15) is 0 Å². The molecule has 0 amide bonds. The van der Waals surface area contributed by atoms with Crippen LogP contribution in [0.5, 0.6) is 0 Å². The van der Waals surface area contributed by atoms with E-state index in [-0.39, 0.29) is 11.6 Å². The lowest BCUT2D eigenvalue weighted by Crippen LogP contribution is -2.18. The third kappa shape index (κ3) is 6.00.